The molecule has 0 spiro atoms. The molecule has 0 aliphatic carbocycles. The number of alkyl halides is 3. The molecule has 2 amide bonds. The number of aromatic nitrogens is 2. The molecule has 3 heterocycles. The van der Waals surface area contributed by atoms with E-state index in [1.54, 1.807) is 34.1 Å². The Labute approximate surface area is 225 Å². The Morgan fingerprint density at radius 3 is 2.33 bits per heavy atom. The molecule has 2 atom stereocenters. The average Bonchev–Trinajstić information content (AvgIpc) is 3.28. The third-order valence-electron chi connectivity index (χ3n) is 6.90. The third kappa shape index (κ3) is 5.70. The number of halogens is 4. The number of nitrogens with one attached hydrogen (secondary N) is 1. The summed E-state index contributed by atoms with van der Waals surface area (Å²) in [7, 11) is 0. The van der Waals surface area contributed by atoms with Gasteiger partial charge in [-0.3, -0.25) is 15.0 Å². The topological polar surface area (TPSA) is 122 Å². The highest BCUT2D eigenvalue weighted by Gasteiger charge is 2.40. The van der Waals surface area contributed by atoms with E-state index in [1.807, 2.05) is 4.90 Å². The van der Waals surface area contributed by atoms with Crippen molar-refractivity contribution in [2.75, 3.05) is 49.5 Å². The molecule has 10 nitrogen and oxygen atoms in total. The summed E-state index contributed by atoms with van der Waals surface area (Å²) in [5, 5.41) is 22.9. The molecule has 3 N–H and O–H groups in total. The van der Waals surface area contributed by atoms with Crippen LogP contribution in [0.25, 0.3) is 10.9 Å². The first kappa shape index (κ1) is 26.9. The Balaban J connectivity index is 1.35. The van der Waals surface area contributed by atoms with Crippen molar-refractivity contribution in [3.05, 3.63) is 58.9 Å². The van der Waals surface area contributed by atoms with Gasteiger partial charge in [-0.15, -0.1) is 0 Å². The lowest BCUT2D eigenvalue weighted by Gasteiger charge is -2.38. The molecule has 3 aromatic rings. The molecule has 2 aliphatic heterocycles. The Kier molecular flexibility index (Phi) is 7.23. The van der Waals surface area contributed by atoms with Gasteiger partial charge in [-0.25, -0.2) is 14.8 Å². The molecule has 0 radical (unpaired) electrons. The second kappa shape index (κ2) is 10.5. The number of piperazine rings is 1. The van der Waals surface area contributed by atoms with E-state index in [9.17, 15) is 27.9 Å². The summed E-state index contributed by atoms with van der Waals surface area (Å²) in [5.74, 6) is -1.49. The van der Waals surface area contributed by atoms with Gasteiger partial charge in [-0.05, 0) is 42.5 Å². The maximum Gasteiger partial charge on any atom is 0.451 e. The van der Waals surface area contributed by atoms with Crippen molar-refractivity contribution in [3.63, 3.8) is 0 Å². The smallest absolute Gasteiger partial charge is 0.451 e. The van der Waals surface area contributed by atoms with Crippen LogP contribution in [0.4, 0.5) is 29.5 Å². The number of β-amino-alcohol motifs (C(OH)–C–C–N with tert-alkyl or cyclic N) is 1. The minimum Gasteiger partial charge on any atom is -0.465 e. The monoisotopic (exact) mass is 564 g/mol. The van der Waals surface area contributed by atoms with Crippen LogP contribution in [0.1, 0.15) is 16.2 Å². The van der Waals surface area contributed by atoms with E-state index in [0.717, 1.165) is 0 Å². The minimum atomic E-state index is -4.80. The summed E-state index contributed by atoms with van der Waals surface area (Å²) in [6.45, 7) is 1.99. The fourth-order valence-electron chi connectivity index (χ4n) is 5.01. The zero-order valence-electron chi connectivity index (χ0n) is 20.4. The summed E-state index contributed by atoms with van der Waals surface area (Å²) in [5.41, 5.74) is 0.667. The molecule has 39 heavy (non-hydrogen) atoms. The molecule has 2 saturated heterocycles. The molecule has 5 rings (SSSR count). The van der Waals surface area contributed by atoms with Crippen LogP contribution >= 0.6 is 11.6 Å². The molecule has 0 unspecified atom stereocenters. The van der Waals surface area contributed by atoms with Gasteiger partial charge >= 0.3 is 12.3 Å². The quantitative estimate of drug-likeness (QED) is 0.441. The van der Waals surface area contributed by atoms with Crippen molar-refractivity contribution in [2.45, 2.75) is 18.3 Å². The number of anilines is 2. The second-order valence-electron chi connectivity index (χ2n) is 9.41. The molecule has 2 fully saturated rings. The first-order valence-corrected chi connectivity index (χ1v) is 12.5. The lowest BCUT2D eigenvalue weighted by atomic mass is 10.1. The number of aliphatic hydroxyl groups excluding tert-OH is 1. The Morgan fingerprint density at radius 1 is 1.00 bits per heavy atom. The predicted molar refractivity (Wildman–Crippen MR) is 137 cm³/mol. The fourth-order valence-corrected chi connectivity index (χ4v) is 5.14. The number of amides is 2. The van der Waals surface area contributed by atoms with Gasteiger partial charge in [0.15, 0.2) is 0 Å². The fraction of sp³-hybridized carbons (Fsp3) is 0.360. The van der Waals surface area contributed by atoms with Crippen molar-refractivity contribution < 1.29 is 33.0 Å². The number of hydrogen-bond donors (Lipinski definition) is 3. The van der Waals surface area contributed by atoms with Crippen LogP contribution in [0.2, 0.25) is 5.02 Å². The Morgan fingerprint density at radius 2 is 1.69 bits per heavy atom. The number of carboxylic acid groups (broad SMARTS) is 1. The number of nitrogens with zero attached hydrogens (tertiary/aromatic N) is 5. The standard InChI is InChI=1S/C25H24ClF3N6O4/c26-15-3-1-14(2-4-15)22(37)34-9-7-33(8-10-34)19-12-35(13-20(19)36)21-17-11-16(30-24(38)39)5-6-18(17)31-23(32-21)25(27,28)29/h1-6,11,19-20,30,36H,7-10,12-13H2,(H,38,39)/t19-,20-/m0/s1. The number of fused-ring (bicyclic) bond motifs is 1. The van der Waals surface area contributed by atoms with Crippen molar-refractivity contribution in [2.24, 2.45) is 0 Å². The van der Waals surface area contributed by atoms with Crippen molar-refractivity contribution >= 4 is 46.0 Å². The maximum absolute atomic E-state index is 13.6. The molecule has 0 bridgehead atoms. The predicted octanol–water partition coefficient (Wildman–Crippen LogP) is 3.40. The highest BCUT2D eigenvalue weighted by molar-refractivity contribution is 6.30. The van der Waals surface area contributed by atoms with Gasteiger partial charge in [0, 0.05) is 60.9 Å². The van der Waals surface area contributed by atoms with Gasteiger partial charge in [0.2, 0.25) is 5.82 Å². The largest absolute Gasteiger partial charge is 0.465 e. The number of carbonyl (C=O) groups excluding carboxylic acids is 1. The normalized spacial score (nSPS) is 20.4. The highest BCUT2D eigenvalue weighted by Crippen LogP contribution is 2.35. The lowest BCUT2D eigenvalue weighted by molar-refractivity contribution is -0.144. The SMILES string of the molecule is O=C(O)Nc1ccc2nc(C(F)(F)F)nc(N3C[C@H](O)[C@@H](N4CCN(C(=O)c5ccc(Cl)cc5)CC4)C3)c2c1. The Bertz CT molecular complexity index is 1400. The molecule has 1 aromatic heterocycles. The van der Waals surface area contributed by atoms with E-state index < -0.39 is 30.2 Å². The minimum absolute atomic E-state index is 0.00414. The zero-order valence-corrected chi connectivity index (χ0v) is 21.2. The van der Waals surface area contributed by atoms with Gasteiger partial charge in [0.25, 0.3) is 5.91 Å². The van der Waals surface area contributed by atoms with E-state index in [1.165, 1.54) is 18.2 Å². The van der Waals surface area contributed by atoms with Crippen molar-refractivity contribution in [3.8, 4) is 0 Å². The molecule has 14 heteroatoms. The van der Waals surface area contributed by atoms with Gasteiger partial charge < -0.3 is 20.0 Å². The maximum atomic E-state index is 13.6. The van der Waals surface area contributed by atoms with Crippen LogP contribution in [0.15, 0.2) is 42.5 Å². The van der Waals surface area contributed by atoms with E-state index in [-0.39, 0.29) is 41.4 Å². The molecular formula is C25H24ClF3N6O4. The van der Waals surface area contributed by atoms with E-state index in [4.69, 9.17) is 16.7 Å². The number of aliphatic hydroxyl groups is 1. The average molecular weight is 565 g/mol. The van der Waals surface area contributed by atoms with Crippen LogP contribution in [-0.2, 0) is 6.18 Å². The molecule has 206 valence electrons. The summed E-state index contributed by atoms with van der Waals surface area (Å²) in [6, 6.07) is 10.2. The lowest BCUT2D eigenvalue weighted by Crippen LogP contribution is -2.54. The highest BCUT2D eigenvalue weighted by atomic mass is 35.5. The van der Waals surface area contributed by atoms with Gasteiger partial charge in [-0.2, -0.15) is 13.2 Å². The number of hydrogen-bond acceptors (Lipinski definition) is 7. The van der Waals surface area contributed by atoms with Gasteiger partial charge in [0.05, 0.1) is 17.7 Å². The molecule has 2 aromatic carbocycles. The van der Waals surface area contributed by atoms with Crippen molar-refractivity contribution in [1.82, 2.24) is 19.8 Å². The third-order valence-corrected chi connectivity index (χ3v) is 7.15. The first-order chi connectivity index (χ1) is 18.5. The van der Waals surface area contributed by atoms with E-state index in [0.29, 0.717) is 36.8 Å². The van der Waals surface area contributed by atoms with Crippen LogP contribution in [0, 0.1) is 0 Å². The van der Waals surface area contributed by atoms with E-state index in [2.05, 4.69) is 15.3 Å². The second-order valence-corrected chi connectivity index (χ2v) is 9.84. The Hall–Kier alpha value is -3.68. The zero-order chi connectivity index (χ0) is 27.9. The van der Waals surface area contributed by atoms with Gasteiger partial charge in [-0.1, -0.05) is 11.6 Å². The summed E-state index contributed by atoms with van der Waals surface area (Å²) >= 11 is 5.90. The number of carbonyl (C=O) groups is 2. The van der Waals surface area contributed by atoms with Crippen LogP contribution < -0.4 is 10.2 Å². The van der Waals surface area contributed by atoms with Crippen molar-refractivity contribution in [1.29, 1.82) is 0 Å². The molecular weight excluding hydrogens is 541 g/mol. The summed E-state index contributed by atoms with van der Waals surface area (Å²) < 4.78 is 40.8. The summed E-state index contributed by atoms with van der Waals surface area (Å²) in [6.07, 6.45) is -7.01. The molecule has 2 aliphatic rings. The van der Waals surface area contributed by atoms with Crippen LogP contribution in [-0.4, -0.2) is 93.4 Å². The summed E-state index contributed by atoms with van der Waals surface area (Å²) in [4.78, 5) is 36.6. The number of rotatable bonds is 4. The number of benzene rings is 2. The van der Waals surface area contributed by atoms with E-state index >= 15 is 0 Å². The van der Waals surface area contributed by atoms with Gasteiger partial charge in [0.1, 0.15) is 5.82 Å². The molecule has 0 saturated carbocycles. The van der Waals surface area contributed by atoms with Crippen LogP contribution in [0.3, 0.4) is 0 Å². The van der Waals surface area contributed by atoms with Crippen LogP contribution in [0.5, 0.6) is 0 Å². The first-order valence-electron chi connectivity index (χ1n) is 12.1.